The molecule has 1 heterocycles. The van der Waals surface area contributed by atoms with Crippen molar-refractivity contribution >= 4 is 17.6 Å². The largest absolute Gasteiger partial charge is 0.432 e. The van der Waals surface area contributed by atoms with Crippen LogP contribution < -0.4 is 4.90 Å². The van der Waals surface area contributed by atoms with Gasteiger partial charge in [0, 0.05) is 13.1 Å². The van der Waals surface area contributed by atoms with Gasteiger partial charge in [-0.15, -0.1) is 11.6 Å². The highest BCUT2D eigenvalue weighted by molar-refractivity contribution is 6.16. The maximum absolute atomic E-state index is 5.62. The molecule has 3 nitrogen and oxygen atoms in total. The summed E-state index contributed by atoms with van der Waals surface area (Å²) in [6, 6.07) is 0.681. The van der Waals surface area contributed by atoms with E-state index < -0.39 is 0 Å². The van der Waals surface area contributed by atoms with E-state index in [2.05, 4.69) is 23.7 Å². The number of anilines is 1. The first-order chi connectivity index (χ1) is 6.31. The quantitative estimate of drug-likeness (QED) is 0.688. The normalized spacial score (nSPS) is 10.4. The second-order valence-corrected chi connectivity index (χ2v) is 3.10. The lowest BCUT2D eigenvalue weighted by Gasteiger charge is -2.16. The topological polar surface area (TPSA) is 29.3 Å². The molecule has 0 aromatic carbocycles. The summed E-state index contributed by atoms with van der Waals surface area (Å²) in [4.78, 5) is 6.34. The Morgan fingerprint density at radius 2 is 2.31 bits per heavy atom. The summed E-state index contributed by atoms with van der Waals surface area (Å²) < 4.78 is 5.29. The molecule has 13 heavy (non-hydrogen) atoms. The van der Waals surface area contributed by atoms with Gasteiger partial charge in [0.05, 0.1) is 11.6 Å². The van der Waals surface area contributed by atoms with Gasteiger partial charge in [-0.25, -0.2) is 0 Å². The third kappa shape index (κ3) is 2.62. The highest BCUT2D eigenvalue weighted by atomic mass is 35.5. The van der Waals surface area contributed by atoms with Crippen LogP contribution in [-0.2, 0) is 5.88 Å². The summed E-state index contributed by atoms with van der Waals surface area (Å²) in [5.41, 5.74) is 0.797. The summed E-state index contributed by atoms with van der Waals surface area (Å²) in [5.74, 6) is 0.410. The van der Waals surface area contributed by atoms with Crippen molar-refractivity contribution < 1.29 is 4.42 Å². The Labute approximate surface area is 83.7 Å². The molecule has 0 saturated heterocycles. The smallest absolute Gasteiger partial charge is 0.297 e. The molecule has 0 aliphatic carbocycles. The minimum absolute atomic E-state index is 0.410. The molecule has 0 unspecified atom stereocenters. The van der Waals surface area contributed by atoms with Gasteiger partial charge in [0.1, 0.15) is 6.26 Å². The van der Waals surface area contributed by atoms with Crippen molar-refractivity contribution in [1.29, 1.82) is 0 Å². The van der Waals surface area contributed by atoms with E-state index in [0.29, 0.717) is 11.9 Å². The lowest BCUT2D eigenvalue weighted by molar-refractivity contribution is 0.534. The monoisotopic (exact) mass is 202 g/mol. The second-order valence-electron chi connectivity index (χ2n) is 2.83. The predicted molar refractivity (Wildman–Crippen MR) is 54.2 cm³/mol. The van der Waals surface area contributed by atoms with Gasteiger partial charge in [-0.1, -0.05) is 6.92 Å². The van der Waals surface area contributed by atoms with E-state index in [-0.39, 0.29) is 0 Å². The SMILES string of the molecule is CCCN(CC)c1nc(CCl)co1. The summed E-state index contributed by atoms with van der Waals surface area (Å²) in [6.45, 7) is 6.10. The lowest BCUT2D eigenvalue weighted by atomic mass is 10.4. The van der Waals surface area contributed by atoms with Crippen LogP contribution in [-0.4, -0.2) is 18.1 Å². The van der Waals surface area contributed by atoms with Crippen molar-refractivity contribution in [3.05, 3.63) is 12.0 Å². The molecule has 0 atom stereocenters. The van der Waals surface area contributed by atoms with E-state index in [1.807, 2.05) is 0 Å². The van der Waals surface area contributed by atoms with Crippen molar-refractivity contribution in [3.63, 3.8) is 0 Å². The second kappa shape index (κ2) is 5.12. The van der Waals surface area contributed by atoms with Gasteiger partial charge in [-0.3, -0.25) is 0 Å². The molecule has 4 heteroatoms. The summed E-state index contributed by atoms with van der Waals surface area (Å²) >= 11 is 5.62. The summed E-state index contributed by atoms with van der Waals surface area (Å²) in [7, 11) is 0. The molecule has 1 aromatic heterocycles. The molecule has 0 radical (unpaired) electrons. The molecule has 0 aliphatic heterocycles. The summed E-state index contributed by atoms with van der Waals surface area (Å²) in [6.07, 6.45) is 2.70. The molecule has 0 aliphatic rings. The molecule has 1 aromatic rings. The Morgan fingerprint density at radius 1 is 1.54 bits per heavy atom. The number of hydrogen-bond donors (Lipinski definition) is 0. The van der Waals surface area contributed by atoms with Crippen molar-refractivity contribution in [2.45, 2.75) is 26.1 Å². The number of oxazole rings is 1. The lowest BCUT2D eigenvalue weighted by Crippen LogP contribution is -2.23. The Kier molecular flexibility index (Phi) is 4.09. The first-order valence-electron chi connectivity index (χ1n) is 4.57. The van der Waals surface area contributed by atoms with Gasteiger partial charge in [0.2, 0.25) is 0 Å². The van der Waals surface area contributed by atoms with Gasteiger partial charge in [0.15, 0.2) is 0 Å². The molecule has 0 fully saturated rings. The van der Waals surface area contributed by atoms with Crippen molar-refractivity contribution in [2.24, 2.45) is 0 Å². The average molecular weight is 203 g/mol. The van der Waals surface area contributed by atoms with Crippen LogP contribution in [0.5, 0.6) is 0 Å². The fourth-order valence-electron chi connectivity index (χ4n) is 1.16. The number of nitrogens with zero attached hydrogens (tertiary/aromatic N) is 2. The van der Waals surface area contributed by atoms with Gasteiger partial charge >= 0.3 is 0 Å². The van der Waals surface area contributed by atoms with Crippen molar-refractivity contribution in [2.75, 3.05) is 18.0 Å². The van der Waals surface area contributed by atoms with Crippen molar-refractivity contribution in [3.8, 4) is 0 Å². The average Bonchev–Trinajstić information content (AvgIpc) is 2.62. The molecule has 0 amide bonds. The minimum Gasteiger partial charge on any atom is -0.432 e. The van der Waals surface area contributed by atoms with Crippen LogP contribution in [0.2, 0.25) is 0 Å². The number of alkyl halides is 1. The first-order valence-corrected chi connectivity index (χ1v) is 5.10. The van der Waals surface area contributed by atoms with Crippen LogP contribution in [0.4, 0.5) is 6.01 Å². The molecule has 0 bridgehead atoms. The number of rotatable bonds is 5. The van der Waals surface area contributed by atoms with Crippen LogP contribution in [0, 0.1) is 0 Å². The van der Waals surface area contributed by atoms with Crippen LogP contribution >= 0.6 is 11.6 Å². The number of halogens is 1. The first kappa shape index (κ1) is 10.4. The molecule has 74 valence electrons. The standard InChI is InChI=1S/C9H15ClN2O/c1-3-5-12(4-2)9-11-8(6-10)7-13-9/h7H,3-6H2,1-2H3. The zero-order chi connectivity index (χ0) is 9.68. The highest BCUT2D eigenvalue weighted by Crippen LogP contribution is 2.14. The van der Waals surface area contributed by atoms with Gasteiger partial charge < -0.3 is 9.32 Å². The van der Waals surface area contributed by atoms with Gasteiger partial charge in [-0.05, 0) is 13.3 Å². The fourth-order valence-corrected chi connectivity index (χ4v) is 1.28. The Morgan fingerprint density at radius 3 is 2.77 bits per heavy atom. The molecule has 0 N–H and O–H groups in total. The maximum Gasteiger partial charge on any atom is 0.297 e. The zero-order valence-electron chi connectivity index (χ0n) is 8.09. The van der Waals surface area contributed by atoms with Crippen LogP contribution in [0.15, 0.2) is 10.7 Å². The van der Waals surface area contributed by atoms with Crippen molar-refractivity contribution in [1.82, 2.24) is 4.98 Å². The van der Waals surface area contributed by atoms with E-state index in [1.54, 1.807) is 6.26 Å². The highest BCUT2D eigenvalue weighted by Gasteiger charge is 2.09. The number of hydrogen-bond acceptors (Lipinski definition) is 3. The molecule has 1 rings (SSSR count). The Bertz CT molecular complexity index is 250. The zero-order valence-corrected chi connectivity index (χ0v) is 8.84. The fraction of sp³-hybridized carbons (Fsp3) is 0.667. The van der Waals surface area contributed by atoms with Gasteiger partial charge in [0.25, 0.3) is 6.01 Å². The minimum atomic E-state index is 0.410. The molecular weight excluding hydrogens is 188 g/mol. The molecule has 0 spiro atoms. The van der Waals surface area contributed by atoms with E-state index in [0.717, 1.165) is 25.2 Å². The van der Waals surface area contributed by atoms with Crippen LogP contribution in [0.1, 0.15) is 26.0 Å². The van der Waals surface area contributed by atoms with Gasteiger partial charge in [-0.2, -0.15) is 4.98 Å². The van der Waals surface area contributed by atoms with E-state index in [9.17, 15) is 0 Å². The summed E-state index contributed by atoms with van der Waals surface area (Å²) in [5, 5.41) is 0. The van der Waals surface area contributed by atoms with E-state index in [4.69, 9.17) is 16.0 Å². The molecule has 0 saturated carbocycles. The Balaban J connectivity index is 2.67. The van der Waals surface area contributed by atoms with E-state index in [1.165, 1.54) is 0 Å². The molecular formula is C9H15ClN2O. The van der Waals surface area contributed by atoms with Crippen LogP contribution in [0.25, 0.3) is 0 Å². The maximum atomic E-state index is 5.62. The predicted octanol–water partition coefficient (Wildman–Crippen LogP) is 2.65. The van der Waals surface area contributed by atoms with E-state index >= 15 is 0 Å². The third-order valence-corrected chi connectivity index (χ3v) is 2.10. The third-order valence-electron chi connectivity index (χ3n) is 1.82. The van der Waals surface area contributed by atoms with Crippen LogP contribution in [0.3, 0.4) is 0 Å². The Hall–Kier alpha value is -0.700. The number of aromatic nitrogens is 1.